The Hall–Kier alpha value is -3.36. The number of para-hydroxylation sites is 1. The fraction of sp³-hybridized carbons (Fsp3) is 0.269. The number of ether oxygens (including phenoxy) is 1. The van der Waals surface area contributed by atoms with E-state index in [9.17, 15) is 13.2 Å². The second-order valence-corrected chi connectivity index (χ2v) is 9.86. The van der Waals surface area contributed by atoms with Crippen molar-refractivity contribution in [2.45, 2.75) is 18.2 Å². The highest BCUT2D eigenvalue weighted by atomic mass is 32.2. The topological polar surface area (TPSA) is 79.0 Å². The van der Waals surface area contributed by atoms with Crippen LogP contribution in [0, 0.1) is 0 Å². The van der Waals surface area contributed by atoms with Gasteiger partial charge in [0.1, 0.15) is 6.54 Å². The van der Waals surface area contributed by atoms with Crippen LogP contribution in [0.2, 0.25) is 0 Å². The van der Waals surface area contributed by atoms with E-state index >= 15 is 0 Å². The number of morpholine rings is 1. The molecule has 0 aliphatic carbocycles. The summed E-state index contributed by atoms with van der Waals surface area (Å²) >= 11 is 0. The van der Waals surface area contributed by atoms with Gasteiger partial charge in [0, 0.05) is 24.5 Å². The van der Waals surface area contributed by atoms with Crippen molar-refractivity contribution < 1.29 is 17.9 Å². The number of aryl methyl sites for hydroxylation is 1. The van der Waals surface area contributed by atoms with E-state index in [0.29, 0.717) is 31.0 Å². The summed E-state index contributed by atoms with van der Waals surface area (Å²) in [4.78, 5) is 15.4. The minimum absolute atomic E-state index is 0.142. The lowest BCUT2D eigenvalue weighted by molar-refractivity contribution is -0.114. The Kier molecular flexibility index (Phi) is 7.49. The molecule has 4 rings (SSSR count). The number of anilines is 3. The number of benzene rings is 3. The normalized spacial score (nSPS) is 14.0. The summed E-state index contributed by atoms with van der Waals surface area (Å²) in [5.41, 5.74) is 3.03. The molecule has 0 saturated carbocycles. The molecule has 3 aromatic carbocycles. The first kappa shape index (κ1) is 23.8. The van der Waals surface area contributed by atoms with Gasteiger partial charge in [-0.1, -0.05) is 43.3 Å². The van der Waals surface area contributed by atoms with Crippen LogP contribution in [0.15, 0.2) is 83.8 Å². The Morgan fingerprint density at radius 3 is 2.26 bits per heavy atom. The second kappa shape index (κ2) is 10.7. The predicted octanol–water partition coefficient (Wildman–Crippen LogP) is 3.92. The third-order valence-electron chi connectivity index (χ3n) is 5.79. The largest absolute Gasteiger partial charge is 0.378 e. The lowest BCUT2D eigenvalue weighted by atomic mass is 10.1. The molecular formula is C26H29N3O4S. The molecule has 1 aliphatic rings. The van der Waals surface area contributed by atoms with Crippen LogP contribution in [-0.2, 0) is 26.0 Å². The highest BCUT2D eigenvalue weighted by Crippen LogP contribution is 2.28. The molecule has 34 heavy (non-hydrogen) atoms. The third kappa shape index (κ3) is 5.40. The third-order valence-corrected chi connectivity index (χ3v) is 7.56. The van der Waals surface area contributed by atoms with Gasteiger partial charge < -0.3 is 15.0 Å². The predicted molar refractivity (Wildman–Crippen MR) is 135 cm³/mol. The number of hydrogen-bond donors (Lipinski definition) is 1. The van der Waals surface area contributed by atoms with Crippen molar-refractivity contribution >= 4 is 33.0 Å². The van der Waals surface area contributed by atoms with E-state index < -0.39 is 15.9 Å². The number of amides is 1. The highest BCUT2D eigenvalue weighted by molar-refractivity contribution is 7.92. The average Bonchev–Trinajstić information content (AvgIpc) is 2.88. The zero-order valence-corrected chi connectivity index (χ0v) is 20.0. The van der Waals surface area contributed by atoms with E-state index in [1.54, 1.807) is 42.5 Å². The molecule has 0 bridgehead atoms. The molecule has 1 aliphatic heterocycles. The first-order valence-electron chi connectivity index (χ1n) is 11.4. The van der Waals surface area contributed by atoms with E-state index in [1.807, 2.05) is 43.3 Å². The molecule has 0 spiro atoms. The number of carbonyl (C=O) groups is 1. The summed E-state index contributed by atoms with van der Waals surface area (Å²) in [6.07, 6.45) is 0.640. The fourth-order valence-electron chi connectivity index (χ4n) is 3.98. The molecular weight excluding hydrogens is 450 g/mol. The molecule has 1 N–H and O–H groups in total. The lowest BCUT2D eigenvalue weighted by Gasteiger charge is -2.29. The first-order chi connectivity index (χ1) is 16.5. The SMILES string of the molecule is CCc1ccccc1N(CC(=O)Nc1ccc(N2CCOCC2)cc1)S(=O)(=O)c1ccccc1. The Bertz CT molecular complexity index is 1210. The van der Waals surface area contributed by atoms with E-state index in [1.165, 1.54) is 4.31 Å². The van der Waals surface area contributed by atoms with E-state index in [4.69, 9.17) is 4.74 Å². The van der Waals surface area contributed by atoms with Crippen LogP contribution < -0.4 is 14.5 Å². The van der Waals surface area contributed by atoms with Crippen molar-refractivity contribution in [3.63, 3.8) is 0 Å². The van der Waals surface area contributed by atoms with Crippen LogP contribution in [0.4, 0.5) is 17.1 Å². The summed E-state index contributed by atoms with van der Waals surface area (Å²) in [6, 6.07) is 23.0. The minimum atomic E-state index is -3.94. The number of sulfonamides is 1. The molecule has 0 atom stereocenters. The zero-order valence-electron chi connectivity index (χ0n) is 19.2. The van der Waals surface area contributed by atoms with Gasteiger partial charge in [0.2, 0.25) is 5.91 Å². The van der Waals surface area contributed by atoms with Crippen LogP contribution >= 0.6 is 0 Å². The molecule has 1 fully saturated rings. The van der Waals surface area contributed by atoms with Crippen LogP contribution in [0.5, 0.6) is 0 Å². The van der Waals surface area contributed by atoms with Gasteiger partial charge in [-0.3, -0.25) is 9.10 Å². The van der Waals surface area contributed by atoms with Crippen LogP contribution in [0.3, 0.4) is 0 Å². The molecule has 1 saturated heterocycles. The maximum Gasteiger partial charge on any atom is 0.264 e. The van der Waals surface area contributed by atoms with Crippen molar-refractivity contribution in [2.75, 3.05) is 47.4 Å². The van der Waals surface area contributed by atoms with E-state index in [2.05, 4.69) is 10.2 Å². The second-order valence-electron chi connectivity index (χ2n) is 8.00. The van der Waals surface area contributed by atoms with Crippen molar-refractivity contribution in [3.05, 3.63) is 84.4 Å². The summed E-state index contributed by atoms with van der Waals surface area (Å²) in [5.74, 6) is -0.412. The summed E-state index contributed by atoms with van der Waals surface area (Å²) in [7, 11) is -3.94. The fourth-order valence-corrected chi connectivity index (χ4v) is 5.46. The highest BCUT2D eigenvalue weighted by Gasteiger charge is 2.28. The van der Waals surface area contributed by atoms with Crippen molar-refractivity contribution in [1.29, 1.82) is 0 Å². The van der Waals surface area contributed by atoms with Crippen LogP contribution in [0.25, 0.3) is 0 Å². The van der Waals surface area contributed by atoms with Gasteiger partial charge >= 0.3 is 0 Å². The summed E-state index contributed by atoms with van der Waals surface area (Å²) < 4.78 is 33.7. The zero-order chi connectivity index (χ0) is 24.0. The number of nitrogens with zero attached hydrogens (tertiary/aromatic N) is 2. The summed E-state index contributed by atoms with van der Waals surface area (Å²) in [5, 5.41) is 2.85. The van der Waals surface area contributed by atoms with Gasteiger partial charge in [-0.15, -0.1) is 0 Å². The molecule has 0 radical (unpaired) electrons. The van der Waals surface area contributed by atoms with Crippen molar-refractivity contribution in [1.82, 2.24) is 0 Å². The Morgan fingerprint density at radius 1 is 0.941 bits per heavy atom. The maximum absolute atomic E-state index is 13.5. The van der Waals surface area contributed by atoms with Gasteiger partial charge in [0.05, 0.1) is 23.8 Å². The minimum Gasteiger partial charge on any atom is -0.378 e. The molecule has 8 heteroatoms. The number of rotatable bonds is 8. The van der Waals surface area contributed by atoms with Crippen molar-refractivity contribution in [2.24, 2.45) is 0 Å². The molecule has 0 aromatic heterocycles. The monoisotopic (exact) mass is 479 g/mol. The van der Waals surface area contributed by atoms with Gasteiger partial charge in [-0.05, 0) is 54.4 Å². The quantitative estimate of drug-likeness (QED) is 0.530. The molecule has 178 valence electrons. The average molecular weight is 480 g/mol. The Balaban J connectivity index is 1.56. The number of hydrogen-bond acceptors (Lipinski definition) is 5. The first-order valence-corrected chi connectivity index (χ1v) is 12.8. The van der Waals surface area contributed by atoms with Crippen LogP contribution in [0.1, 0.15) is 12.5 Å². The summed E-state index contributed by atoms with van der Waals surface area (Å²) in [6.45, 7) is 4.68. The number of nitrogens with one attached hydrogen (secondary N) is 1. The smallest absolute Gasteiger partial charge is 0.264 e. The van der Waals surface area contributed by atoms with E-state index in [0.717, 1.165) is 24.3 Å². The lowest BCUT2D eigenvalue weighted by Crippen LogP contribution is -2.38. The van der Waals surface area contributed by atoms with Gasteiger partial charge in [-0.2, -0.15) is 0 Å². The maximum atomic E-state index is 13.5. The van der Waals surface area contributed by atoms with Gasteiger partial charge in [0.15, 0.2) is 0 Å². The molecule has 1 heterocycles. The molecule has 3 aromatic rings. The van der Waals surface area contributed by atoms with Crippen LogP contribution in [-0.4, -0.2) is 47.2 Å². The molecule has 0 unspecified atom stereocenters. The standard InChI is InChI=1S/C26H29N3O4S/c1-2-21-8-6-7-11-25(21)29(34(31,32)24-9-4-3-5-10-24)20-26(30)27-22-12-14-23(15-13-22)28-16-18-33-19-17-28/h3-15H,2,16-20H2,1H3,(H,27,30). The Labute approximate surface area is 201 Å². The van der Waals surface area contributed by atoms with Gasteiger partial charge in [0.25, 0.3) is 10.0 Å². The molecule has 7 nitrogen and oxygen atoms in total. The molecule has 1 amide bonds. The number of carbonyl (C=O) groups excluding carboxylic acids is 1. The van der Waals surface area contributed by atoms with Gasteiger partial charge in [-0.25, -0.2) is 8.42 Å². The van der Waals surface area contributed by atoms with Crippen molar-refractivity contribution in [3.8, 4) is 0 Å². The Morgan fingerprint density at radius 2 is 1.59 bits per heavy atom. The van der Waals surface area contributed by atoms with E-state index in [-0.39, 0.29) is 11.4 Å².